The monoisotopic (exact) mass is 347 g/mol. The SMILES string of the molecule is CCn1c(SCc2ccc([N+](=O)[O-])cc2)nc2ccsc2c1=O. The fraction of sp³-hybridized carbons (Fsp3) is 0.200. The number of rotatable bonds is 5. The molecule has 0 bridgehead atoms. The average molecular weight is 347 g/mol. The van der Waals surface area contributed by atoms with Crippen LogP contribution in [0.1, 0.15) is 12.5 Å². The summed E-state index contributed by atoms with van der Waals surface area (Å²) < 4.78 is 2.33. The third-order valence-electron chi connectivity index (χ3n) is 3.36. The van der Waals surface area contributed by atoms with Gasteiger partial charge in [-0.15, -0.1) is 11.3 Å². The summed E-state index contributed by atoms with van der Waals surface area (Å²) in [4.78, 5) is 27.2. The van der Waals surface area contributed by atoms with Crippen molar-refractivity contribution in [1.29, 1.82) is 0 Å². The van der Waals surface area contributed by atoms with Crippen LogP contribution in [0.2, 0.25) is 0 Å². The number of non-ortho nitro benzene ring substituents is 1. The summed E-state index contributed by atoms with van der Waals surface area (Å²) in [6.07, 6.45) is 0. The van der Waals surface area contributed by atoms with Crippen LogP contribution < -0.4 is 5.56 Å². The number of nitro groups is 1. The quantitative estimate of drug-likeness (QED) is 0.304. The number of hydrogen-bond acceptors (Lipinski definition) is 6. The maximum atomic E-state index is 12.4. The van der Waals surface area contributed by atoms with Gasteiger partial charge in [0.1, 0.15) is 4.70 Å². The number of thiophene rings is 1. The molecule has 0 amide bonds. The molecular formula is C15H13N3O3S2. The normalized spacial score (nSPS) is 11.0. The molecule has 2 aromatic heterocycles. The average Bonchev–Trinajstić information content (AvgIpc) is 3.02. The third-order valence-corrected chi connectivity index (χ3v) is 5.30. The van der Waals surface area contributed by atoms with Crippen LogP contribution in [0.4, 0.5) is 5.69 Å². The molecule has 23 heavy (non-hydrogen) atoms. The first-order chi connectivity index (χ1) is 11.1. The number of nitrogens with zero attached hydrogens (tertiary/aromatic N) is 3. The molecule has 0 spiro atoms. The zero-order valence-corrected chi connectivity index (χ0v) is 13.9. The molecule has 0 unspecified atom stereocenters. The Hall–Kier alpha value is -2.19. The Morgan fingerprint density at radius 2 is 2.04 bits per heavy atom. The van der Waals surface area contributed by atoms with Crippen molar-refractivity contribution in [2.75, 3.05) is 0 Å². The maximum absolute atomic E-state index is 12.4. The lowest BCUT2D eigenvalue weighted by atomic mass is 10.2. The Labute approximate surface area is 139 Å². The van der Waals surface area contributed by atoms with Gasteiger partial charge in [0.15, 0.2) is 5.16 Å². The van der Waals surface area contributed by atoms with Gasteiger partial charge < -0.3 is 0 Å². The Kier molecular flexibility index (Phi) is 4.44. The summed E-state index contributed by atoms with van der Waals surface area (Å²) in [7, 11) is 0. The minimum Gasteiger partial charge on any atom is -0.287 e. The fourth-order valence-corrected chi connectivity index (χ4v) is 3.97. The van der Waals surface area contributed by atoms with Gasteiger partial charge in [-0.3, -0.25) is 19.5 Å². The summed E-state index contributed by atoms with van der Waals surface area (Å²) in [6.45, 7) is 2.47. The van der Waals surface area contributed by atoms with E-state index in [0.29, 0.717) is 22.2 Å². The van der Waals surface area contributed by atoms with Crippen LogP contribution in [0.25, 0.3) is 10.2 Å². The van der Waals surface area contributed by atoms with Gasteiger partial charge in [-0.05, 0) is 23.9 Å². The smallest absolute Gasteiger partial charge is 0.272 e. The number of benzene rings is 1. The molecule has 0 radical (unpaired) electrons. The highest BCUT2D eigenvalue weighted by atomic mass is 32.2. The van der Waals surface area contributed by atoms with E-state index in [1.54, 1.807) is 16.7 Å². The van der Waals surface area contributed by atoms with E-state index >= 15 is 0 Å². The van der Waals surface area contributed by atoms with Crippen molar-refractivity contribution in [2.24, 2.45) is 0 Å². The van der Waals surface area contributed by atoms with Gasteiger partial charge in [0, 0.05) is 24.4 Å². The molecule has 0 atom stereocenters. The Morgan fingerprint density at radius 1 is 1.30 bits per heavy atom. The van der Waals surface area contributed by atoms with Gasteiger partial charge in [-0.2, -0.15) is 0 Å². The number of hydrogen-bond donors (Lipinski definition) is 0. The van der Waals surface area contributed by atoms with Gasteiger partial charge in [0.05, 0.1) is 10.4 Å². The zero-order valence-electron chi connectivity index (χ0n) is 12.3. The van der Waals surface area contributed by atoms with Gasteiger partial charge in [-0.25, -0.2) is 4.98 Å². The van der Waals surface area contributed by atoms with Crippen molar-refractivity contribution in [3.8, 4) is 0 Å². The predicted molar refractivity (Wildman–Crippen MR) is 92.2 cm³/mol. The summed E-state index contributed by atoms with van der Waals surface area (Å²) in [5.41, 5.74) is 1.72. The minimum absolute atomic E-state index is 0.0151. The van der Waals surface area contributed by atoms with Gasteiger partial charge in [0.25, 0.3) is 11.2 Å². The lowest BCUT2D eigenvalue weighted by Gasteiger charge is -2.09. The van der Waals surface area contributed by atoms with Gasteiger partial charge >= 0.3 is 0 Å². The molecule has 0 saturated heterocycles. The van der Waals surface area contributed by atoms with E-state index in [9.17, 15) is 14.9 Å². The van der Waals surface area contributed by atoms with Crippen LogP contribution in [0.5, 0.6) is 0 Å². The van der Waals surface area contributed by atoms with E-state index < -0.39 is 4.92 Å². The highest BCUT2D eigenvalue weighted by Gasteiger charge is 2.12. The highest BCUT2D eigenvalue weighted by molar-refractivity contribution is 7.98. The molecule has 0 saturated carbocycles. The second-order valence-electron chi connectivity index (χ2n) is 4.79. The number of aromatic nitrogens is 2. The largest absolute Gasteiger partial charge is 0.287 e. The van der Waals surface area contributed by atoms with E-state index in [1.165, 1.54) is 35.2 Å². The Balaban J connectivity index is 1.86. The van der Waals surface area contributed by atoms with Crippen LogP contribution in [0, 0.1) is 10.1 Å². The van der Waals surface area contributed by atoms with Crippen molar-refractivity contribution in [1.82, 2.24) is 9.55 Å². The summed E-state index contributed by atoms with van der Waals surface area (Å²) in [5.74, 6) is 0.597. The van der Waals surface area contributed by atoms with Crippen molar-refractivity contribution in [3.05, 3.63) is 61.7 Å². The highest BCUT2D eigenvalue weighted by Crippen LogP contribution is 2.24. The topological polar surface area (TPSA) is 78.0 Å². The molecule has 2 heterocycles. The first kappa shape index (κ1) is 15.7. The van der Waals surface area contributed by atoms with Crippen molar-refractivity contribution in [3.63, 3.8) is 0 Å². The minimum atomic E-state index is -0.419. The van der Waals surface area contributed by atoms with E-state index in [4.69, 9.17) is 0 Å². The first-order valence-corrected chi connectivity index (χ1v) is 8.81. The number of thioether (sulfide) groups is 1. The predicted octanol–water partition coefficient (Wildman–Crippen LogP) is 3.68. The summed E-state index contributed by atoms with van der Waals surface area (Å²) in [6, 6.07) is 8.26. The van der Waals surface area contributed by atoms with E-state index in [2.05, 4.69) is 4.98 Å². The summed E-state index contributed by atoms with van der Waals surface area (Å²) in [5, 5.41) is 13.2. The molecule has 3 rings (SSSR count). The number of fused-ring (bicyclic) bond motifs is 1. The third kappa shape index (κ3) is 3.13. The van der Waals surface area contributed by atoms with Crippen LogP contribution >= 0.6 is 23.1 Å². The molecule has 0 aliphatic rings. The maximum Gasteiger partial charge on any atom is 0.272 e. The second kappa shape index (κ2) is 6.51. The molecule has 1 aromatic carbocycles. The zero-order chi connectivity index (χ0) is 16.4. The number of nitro benzene ring substituents is 1. The summed E-state index contributed by atoms with van der Waals surface area (Å²) >= 11 is 2.86. The molecule has 3 aromatic rings. The lowest BCUT2D eigenvalue weighted by molar-refractivity contribution is -0.384. The van der Waals surface area contributed by atoms with Crippen molar-refractivity contribution >= 4 is 39.0 Å². The van der Waals surface area contributed by atoms with Crippen LogP contribution in [0.15, 0.2) is 45.7 Å². The molecule has 118 valence electrons. The molecule has 0 aliphatic carbocycles. The molecule has 0 N–H and O–H groups in total. The van der Waals surface area contributed by atoms with Gasteiger partial charge in [-0.1, -0.05) is 23.9 Å². The van der Waals surface area contributed by atoms with E-state index in [-0.39, 0.29) is 11.2 Å². The fourth-order valence-electron chi connectivity index (χ4n) is 2.17. The Bertz CT molecular complexity index is 916. The molecule has 0 aliphatic heterocycles. The molecule has 0 fully saturated rings. The Morgan fingerprint density at radius 3 is 2.70 bits per heavy atom. The molecular weight excluding hydrogens is 334 g/mol. The first-order valence-electron chi connectivity index (χ1n) is 6.94. The van der Waals surface area contributed by atoms with Crippen LogP contribution in [-0.2, 0) is 12.3 Å². The van der Waals surface area contributed by atoms with Crippen LogP contribution in [-0.4, -0.2) is 14.5 Å². The van der Waals surface area contributed by atoms with Crippen molar-refractivity contribution < 1.29 is 4.92 Å². The van der Waals surface area contributed by atoms with Crippen LogP contribution in [0.3, 0.4) is 0 Å². The van der Waals surface area contributed by atoms with E-state index in [1.807, 2.05) is 18.4 Å². The molecule has 8 heteroatoms. The van der Waals surface area contributed by atoms with Crippen molar-refractivity contribution in [2.45, 2.75) is 24.4 Å². The van der Waals surface area contributed by atoms with Gasteiger partial charge in [0.2, 0.25) is 0 Å². The lowest BCUT2D eigenvalue weighted by Crippen LogP contribution is -2.21. The van der Waals surface area contributed by atoms with E-state index in [0.717, 1.165) is 11.1 Å². The standard InChI is InChI=1S/C15H13N3O3S2/c1-2-17-14(19)13-12(7-8-22-13)16-15(17)23-9-10-3-5-11(6-4-10)18(20)21/h3-8H,2,9H2,1H3. The molecule has 6 nitrogen and oxygen atoms in total. The second-order valence-corrected chi connectivity index (χ2v) is 6.65.